The Morgan fingerprint density at radius 3 is 2.62 bits per heavy atom. The van der Waals surface area contributed by atoms with Crippen LogP contribution in [0.15, 0.2) is 18.2 Å². The minimum atomic E-state index is -0.561. The van der Waals surface area contributed by atoms with E-state index in [2.05, 4.69) is 0 Å². The minimum absolute atomic E-state index is 0.00994. The summed E-state index contributed by atoms with van der Waals surface area (Å²) in [5.74, 6) is 0.522. The fourth-order valence-corrected chi connectivity index (χ4v) is 2.77. The largest absolute Gasteiger partial charge is 0.481 e. The van der Waals surface area contributed by atoms with Gasteiger partial charge in [-0.3, -0.25) is 4.79 Å². The summed E-state index contributed by atoms with van der Waals surface area (Å²) in [6, 6.07) is 5.04. The van der Waals surface area contributed by atoms with Crippen molar-refractivity contribution in [2.75, 3.05) is 13.1 Å². The van der Waals surface area contributed by atoms with E-state index in [0.717, 1.165) is 25.9 Å². The van der Waals surface area contributed by atoms with Gasteiger partial charge in [0, 0.05) is 23.7 Å². The summed E-state index contributed by atoms with van der Waals surface area (Å²) in [4.78, 5) is 14.3. The molecule has 1 N–H and O–H groups in total. The van der Waals surface area contributed by atoms with E-state index in [1.807, 2.05) is 4.90 Å². The summed E-state index contributed by atoms with van der Waals surface area (Å²) in [5, 5.41) is 9.89. The van der Waals surface area contributed by atoms with E-state index in [1.165, 1.54) is 12.8 Å². The molecule has 0 bridgehead atoms. The highest BCUT2D eigenvalue weighted by atomic mass is 35.5. The SMILES string of the molecule is CC(Oc1ccc(Cl)cc1CO)C(=O)N1CCCCCC1. The third-order valence-electron chi connectivity index (χ3n) is 3.76. The Morgan fingerprint density at radius 2 is 2.00 bits per heavy atom. The molecule has 21 heavy (non-hydrogen) atoms. The maximum absolute atomic E-state index is 12.4. The van der Waals surface area contributed by atoms with Crippen LogP contribution in [0.1, 0.15) is 38.2 Å². The molecule has 0 aromatic heterocycles. The number of aliphatic hydroxyl groups excluding tert-OH is 1. The predicted octanol–water partition coefficient (Wildman–Crippen LogP) is 3.00. The van der Waals surface area contributed by atoms with E-state index in [1.54, 1.807) is 25.1 Å². The van der Waals surface area contributed by atoms with Crippen LogP contribution in [0.5, 0.6) is 5.75 Å². The Bertz CT molecular complexity index is 484. The number of hydrogen-bond acceptors (Lipinski definition) is 3. The quantitative estimate of drug-likeness (QED) is 0.930. The summed E-state index contributed by atoms with van der Waals surface area (Å²) >= 11 is 5.89. The van der Waals surface area contributed by atoms with Crippen molar-refractivity contribution in [1.82, 2.24) is 4.90 Å². The van der Waals surface area contributed by atoms with Crippen LogP contribution in [0.4, 0.5) is 0 Å². The Morgan fingerprint density at radius 1 is 1.33 bits per heavy atom. The van der Waals surface area contributed by atoms with Gasteiger partial charge in [-0.2, -0.15) is 0 Å². The van der Waals surface area contributed by atoms with Gasteiger partial charge in [-0.1, -0.05) is 24.4 Å². The van der Waals surface area contributed by atoms with E-state index >= 15 is 0 Å². The van der Waals surface area contributed by atoms with Crippen LogP contribution in [0.25, 0.3) is 0 Å². The molecule has 1 aliphatic heterocycles. The van der Waals surface area contributed by atoms with Crippen molar-refractivity contribution >= 4 is 17.5 Å². The van der Waals surface area contributed by atoms with E-state index in [-0.39, 0.29) is 12.5 Å². The molecule has 1 aromatic carbocycles. The first-order chi connectivity index (χ1) is 10.1. The lowest BCUT2D eigenvalue weighted by atomic mass is 10.2. The zero-order chi connectivity index (χ0) is 15.2. The number of rotatable bonds is 4. The maximum atomic E-state index is 12.4. The van der Waals surface area contributed by atoms with Crippen molar-refractivity contribution in [1.29, 1.82) is 0 Å². The number of benzene rings is 1. The molecule has 0 radical (unpaired) electrons. The lowest BCUT2D eigenvalue weighted by Crippen LogP contribution is -2.41. The molecular weight excluding hydrogens is 290 g/mol. The Balaban J connectivity index is 2.03. The molecule has 1 aliphatic rings. The van der Waals surface area contributed by atoms with Gasteiger partial charge in [-0.15, -0.1) is 0 Å². The number of aliphatic hydroxyl groups is 1. The maximum Gasteiger partial charge on any atom is 0.263 e. The molecule has 5 heteroatoms. The fourth-order valence-electron chi connectivity index (χ4n) is 2.58. The third kappa shape index (κ3) is 4.35. The molecule has 1 amide bonds. The van der Waals surface area contributed by atoms with Gasteiger partial charge in [0.25, 0.3) is 5.91 Å². The van der Waals surface area contributed by atoms with Gasteiger partial charge in [0.2, 0.25) is 0 Å². The number of nitrogens with zero attached hydrogens (tertiary/aromatic N) is 1. The molecule has 0 aliphatic carbocycles. The van der Waals surface area contributed by atoms with E-state index in [4.69, 9.17) is 16.3 Å². The molecule has 1 atom stereocenters. The number of carbonyl (C=O) groups is 1. The van der Waals surface area contributed by atoms with Crippen LogP contribution in [-0.2, 0) is 11.4 Å². The second kappa shape index (κ2) is 7.66. The van der Waals surface area contributed by atoms with Gasteiger partial charge in [0.15, 0.2) is 6.10 Å². The van der Waals surface area contributed by atoms with Gasteiger partial charge in [0.05, 0.1) is 6.61 Å². The molecule has 4 nitrogen and oxygen atoms in total. The van der Waals surface area contributed by atoms with Crippen LogP contribution in [-0.4, -0.2) is 35.1 Å². The monoisotopic (exact) mass is 311 g/mol. The molecule has 1 heterocycles. The van der Waals surface area contributed by atoms with E-state index in [0.29, 0.717) is 16.3 Å². The number of likely N-dealkylation sites (tertiary alicyclic amines) is 1. The lowest BCUT2D eigenvalue weighted by molar-refractivity contribution is -0.137. The Kier molecular flexibility index (Phi) is 5.88. The van der Waals surface area contributed by atoms with Crippen molar-refractivity contribution in [3.63, 3.8) is 0 Å². The summed E-state index contributed by atoms with van der Waals surface area (Å²) in [7, 11) is 0. The standard InChI is InChI=1S/C16H22ClNO3/c1-12(16(20)18-8-4-2-3-5-9-18)21-15-7-6-14(17)10-13(15)11-19/h6-7,10,12,19H,2-5,8-9,11H2,1H3. The number of amides is 1. The van der Waals surface area contributed by atoms with Crippen LogP contribution < -0.4 is 4.74 Å². The van der Waals surface area contributed by atoms with Crippen molar-refractivity contribution in [3.8, 4) is 5.75 Å². The molecular formula is C16H22ClNO3. The van der Waals surface area contributed by atoms with E-state index in [9.17, 15) is 9.90 Å². The summed E-state index contributed by atoms with van der Waals surface area (Å²) in [6.07, 6.45) is 3.92. The van der Waals surface area contributed by atoms with Crippen molar-refractivity contribution in [3.05, 3.63) is 28.8 Å². The molecule has 1 unspecified atom stereocenters. The topological polar surface area (TPSA) is 49.8 Å². The first-order valence-corrected chi connectivity index (χ1v) is 7.84. The van der Waals surface area contributed by atoms with Gasteiger partial charge in [-0.25, -0.2) is 0 Å². The number of halogens is 1. The summed E-state index contributed by atoms with van der Waals surface area (Å²) in [6.45, 7) is 3.20. The summed E-state index contributed by atoms with van der Waals surface area (Å²) in [5.41, 5.74) is 0.595. The fraction of sp³-hybridized carbons (Fsp3) is 0.562. The first kappa shape index (κ1) is 16.1. The highest BCUT2D eigenvalue weighted by molar-refractivity contribution is 6.30. The van der Waals surface area contributed by atoms with Crippen molar-refractivity contribution < 1.29 is 14.6 Å². The number of carbonyl (C=O) groups excluding carboxylic acids is 1. The lowest BCUT2D eigenvalue weighted by Gasteiger charge is -2.25. The van der Waals surface area contributed by atoms with Crippen molar-refractivity contribution in [2.24, 2.45) is 0 Å². The van der Waals surface area contributed by atoms with Gasteiger partial charge >= 0.3 is 0 Å². The Hall–Kier alpha value is -1.26. The van der Waals surface area contributed by atoms with Gasteiger partial charge < -0.3 is 14.7 Å². The predicted molar refractivity (Wildman–Crippen MR) is 82.5 cm³/mol. The average molecular weight is 312 g/mol. The Labute approximate surface area is 130 Å². The zero-order valence-corrected chi connectivity index (χ0v) is 13.1. The smallest absolute Gasteiger partial charge is 0.263 e. The zero-order valence-electron chi connectivity index (χ0n) is 12.3. The normalized spacial score (nSPS) is 17.2. The molecule has 1 fully saturated rings. The second-order valence-corrected chi connectivity index (χ2v) is 5.85. The highest BCUT2D eigenvalue weighted by Crippen LogP contribution is 2.24. The molecule has 1 saturated heterocycles. The highest BCUT2D eigenvalue weighted by Gasteiger charge is 2.23. The van der Waals surface area contributed by atoms with Gasteiger partial charge in [0.1, 0.15) is 5.75 Å². The summed E-state index contributed by atoms with van der Waals surface area (Å²) < 4.78 is 5.74. The van der Waals surface area contributed by atoms with Crippen LogP contribution in [0.2, 0.25) is 5.02 Å². The third-order valence-corrected chi connectivity index (χ3v) is 4.00. The molecule has 0 saturated carbocycles. The van der Waals surface area contributed by atoms with Crippen LogP contribution in [0.3, 0.4) is 0 Å². The second-order valence-electron chi connectivity index (χ2n) is 5.41. The van der Waals surface area contributed by atoms with Crippen LogP contribution in [0, 0.1) is 0 Å². The van der Waals surface area contributed by atoms with E-state index < -0.39 is 6.10 Å². The molecule has 116 valence electrons. The molecule has 1 aromatic rings. The number of ether oxygens (including phenoxy) is 1. The number of hydrogen-bond donors (Lipinski definition) is 1. The molecule has 2 rings (SSSR count). The van der Waals surface area contributed by atoms with Crippen LogP contribution >= 0.6 is 11.6 Å². The van der Waals surface area contributed by atoms with Crippen molar-refractivity contribution in [2.45, 2.75) is 45.3 Å². The average Bonchev–Trinajstić information content (AvgIpc) is 2.77. The van der Waals surface area contributed by atoms with Gasteiger partial charge in [-0.05, 0) is 38.0 Å². The molecule has 0 spiro atoms. The minimum Gasteiger partial charge on any atom is -0.481 e. The first-order valence-electron chi connectivity index (χ1n) is 7.46.